The summed E-state index contributed by atoms with van der Waals surface area (Å²) in [5.74, 6) is 0.931. The first-order valence-electron chi connectivity index (χ1n) is 11.7. The predicted octanol–water partition coefficient (Wildman–Crippen LogP) is 7.88. The summed E-state index contributed by atoms with van der Waals surface area (Å²) < 4.78 is 2.41. The molecule has 7 rings (SSSR count). The van der Waals surface area contributed by atoms with Crippen molar-refractivity contribution in [3.63, 3.8) is 0 Å². The number of aryl methyl sites for hydroxylation is 1. The molecule has 1 heterocycles. The number of benzene rings is 4. The molecule has 0 saturated carbocycles. The van der Waals surface area contributed by atoms with E-state index >= 15 is 0 Å². The maximum Gasteiger partial charge on any atom is 0.0530 e. The zero-order chi connectivity index (χ0) is 21.2. The van der Waals surface area contributed by atoms with Crippen LogP contribution in [-0.4, -0.2) is 4.57 Å². The van der Waals surface area contributed by atoms with Gasteiger partial charge in [-0.25, -0.2) is 0 Å². The molecule has 4 aromatic carbocycles. The Labute approximate surface area is 189 Å². The highest BCUT2D eigenvalue weighted by Crippen LogP contribution is 2.53. The van der Waals surface area contributed by atoms with Crippen LogP contribution in [-0.2, 0) is 7.05 Å². The van der Waals surface area contributed by atoms with Gasteiger partial charge in [0.05, 0.1) is 5.69 Å². The van der Waals surface area contributed by atoms with E-state index < -0.39 is 0 Å². The number of hydrogen-bond acceptors (Lipinski definition) is 0. The summed E-state index contributed by atoms with van der Waals surface area (Å²) in [5, 5.41) is 1.42. The summed E-state index contributed by atoms with van der Waals surface area (Å²) >= 11 is 0. The van der Waals surface area contributed by atoms with Gasteiger partial charge >= 0.3 is 0 Å². The van der Waals surface area contributed by atoms with Crippen LogP contribution in [0.3, 0.4) is 0 Å². The molecule has 2 aliphatic carbocycles. The molecule has 32 heavy (non-hydrogen) atoms. The summed E-state index contributed by atoms with van der Waals surface area (Å²) in [6.45, 7) is 0. The van der Waals surface area contributed by atoms with Gasteiger partial charge in [-0.3, -0.25) is 0 Å². The second-order valence-corrected chi connectivity index (χ2v) is 9.28. The Bertz CT molecular complexity index is 1460. The molecule has 1 aromatic heterocycles. The average Bonchev–Trinajstić information content (AvgIpc) is 3.45. The highest BCUT2D eigenvalue weighted by molar-refractivity contribution is 5.96. The van der Waals surface area contributed by atoms with Gasteiger partial charge in [-0.2, -0.15) is 0 Å². The first-order chi connectivity index (χ1) is 15.8. The van der Waals surface area contributed by atoms with Crippen molar-refractivity contribution in [1.82, 2.24) is 4.57 Å². The van der Waals surface area contributed by atoms with E-state index in [1.165, 1.54) is 55.5 Å². The van der Waals surface area contributed by atoms with E-state index in [4.69, 9.17) is 0 Å². The number of para-hydroxylation sites is 1. The molecule has 0 bridgehead atoms. The van der Waals surface area contributed by atoms with Gasteiger partial charge in [-0.1, -0.05) is 91.0 Å². The molecule has 0 aliphatic heterocycles. The minimum Gasteiger partial charge on any atom is -0.343 e. The van der Waals surface area contributed by atoms with E-state index in [-0.39, 0.29) is 0 Å². The quantitative estimate of drug-likeness (QED) is 0.284. The van der Waals surface area contributed by atoms with Crippen LogP contribution in [0.2, 0.25) is 0 Å². The van der Waals surface area contributed by atoms with Crippen molar-refractivity contribution in [3.8, 4) is 22.4 Å². The number of hydrogen-bond donors (Lipinski definition) is 0. The lowest BCUT2D eigenvalue weighted by molar-refractivity contribution is 0.628. The van der Waals surface area contributed by atoms with Crippen molar-refractivity contribution < 1.29 is 0 Å². The van der Waals surface area contributed by atoms with Crippen LogP contribution >= 0.6 is 0 Å². The second-order valence-electron chi connectivity index (χ2n) is 9.28. The number of aromatic nitrogens is 1. The highest BCUT2D eigenvalue weighted by atomic mass is 15.0. The van der Waals surface area contributed by atoms with Crippen LogP contribution in [0.25, 0.3) is 33.3 Å². The van der Waals surface area contributed by atoms with Crippen LogP contribution in [0.5, 0.6) is 0 Å². The normalized spacial score (nSPS) is 16.1. The molecule has 0 amide bonds. The van der Waals surface area contributed by atoms with Gasteiger partial charge in [-0.15, -0.1) is 0 Å². The molecule has 1 atom stereocenters. The van der Waals surface area contributed by atoms with Gasteiger partial charge in [-0.05, 0) is 52.3 Å². The monoisotopic (exact) mass is 411 g/mol. The Morgan fingerprint density at radius 2 is 1.06 bits per heavy atom. The molecule has 2 aliphatic rings. The summed E-state index contributed by atoms with van der Waals surface area (Å²) in [5.41, 5.74) is 13.0. The molecule has 1 nitrogen and oxygen atoms in total. The highest BCUT2D eigenvalue weighted by Gasteiger charge is 2.35. The number of fused-ring (bicyclic) bond motifs is 8. The summed E-state index contributed by atoms with van der Waals surface area (Å²) in [4.78, 5) is 0. The Kier molecular flexibility index (Phi) is 3.78. The molecule has 0 fully saturated rings. The molecule has 0 spiro atoms. The van der Waals surface area contributed by atoms with Crippen molar-refractivity contribution >= 4 is 10.9 Å². The molecule has 0 N–H and O–H groups in total. The van der Waals surface area contributed by atoms with Crippen LogP contribution < -0.4 is 0 Å². The van der Waals surface area contributed by atoms with Crippen LogP contribution in [0.15, 0.2) is 97.1 Å². The maximum absolute atomic E-state index is 2.41. The first-order valence-corrected chi connectivity index (χ1v) is 11.7. The lowest BCUT2D eigenvalue weighted by atomic mass is 9.84. The summed E-state index contributed by atoms with van der Waals surface area (Å²) in [6, 6.07) is 36.0. The molecular weight excluding hydrogens is 386 g/mol. The number of rotatable bonds is 3. The van der Waals surface area contributed by atoms with E-state index in [9.17, 15) is 0 Å². The van der Waals surface area contributed by atoms with Crippen molar-refractivity contribution in [2.24, 2.45) is 7.05 Å². The Balaban J connectivity index is 1.34. The lowest BCUT2D eigenvalue weighted by Crippen LogP contribution is -2.03. The molecule has 0 radical (unpaired) electrons. The standard InChI is InChI=1S/C31H25N/c1-32-29-17-9-8-16-28(29)30-26(24-14-6-7-15-27(24)31(30)32)19-18-25-22-12-4-2-10-20(22)21-11-3-5-13-23(21)25/h2-17,25-26H,18-19H2,1H3. The van der Waals surface area contributed by atoms with Gasteiger partial charge in [0.25, 0.3) is 0 Å². The fraction of sp³-hybridized carbons (Fsp3) is 0.161. The van der Waals surface area contributed by atoms with Crippen molar-refractivity contribution in [2.75, 3.05) is 0 Å². The Morgan fingerprint density at radius 1 is 0.562 bits per heavy atom. The third kappa shape index (κ3) is 2.34. The van der Waals surface area contributed by atoms with Gasteiger partial charge in [0, 0.05) is 35.3 Å². The lowest BCUT2D eigenvalue weighted by Gasteiger charge is -2.19. The fourth-order valence-corrected chi connectivity index (χ4v) is 6.48. The topological polar surface area (TPSA) is 4.93 Å². The van der Waals surface area contributed by atoms with E-state index in [1.807, 2.05) is 0 Å². The smallest absolute Gasteiger partial charge is 0.0530 e. The van der Waals surface area contributed by atoms with Gasteiger partial charge < -0.3 is 4.57 Å². The second kappa shape index (κ2) is 6.71. The molecule has 1 heteroatoms. The van der Waals surface area contributed by atoms with E-state index in [1.54, 1.807) is 0 Å². The molecular formula is C31H25N. The number of nitrogens with zero attached hydrogens (tertiary/aromatic N) is 1. The minimum absolute atomic E-state index is 0.451. The molecule has 1 unspecified atom stereocenters. The van der Waals surface area contributed by atoms with Crippen molar-refractivity contribution in [2.45, 2.75) is 24.7 Å². The third-order valence-electron chi connectivity index (χ3n) is 7.79. The zero-order valence-corrected chi connectivity index (χ0v) is 18.3. The fourth-order valence-electron chi connectivity index (χ4n) is 6.48. The van der Waals surface area contributed by atoms with Gasteiger partial charge in [0.15, 0.2) is 0 Å². The molecule has 154 valence electrons. The van der Waals surface area contributed by atoms with Crippen molar-refractivity contribution in [1.29, 1.82) is 0 Å². The van der Waals surface area contributed by atoms with Crippen molar-refractivity contribution in [3.05, 3.63) is 119 Å². The molecule has 0 saturated heterocycles. The Hall–Kier alpha value is -3.58. The van der Waals surface area contributed by atoms with Crippen LogP contribution in [0.1, 0.15) is 46.9 Å². The predicted molar refractivity (Wildman–Crippen MR) is 133 cm³/mol. The zero-order valence-electron chi connectivity index (χ0n) is 18.3. The SMILES string of the molecule is Cn1c2c(c3ccccc31)C(CCC1c3ccccc3-c3ccccc31)c1ccccc1-2. The third-order valence-corrected chi connectivity index (χ3v) is 7.79. The largest absolute Gasteiger partial charge is 0.343 e. The summed E-state index contributed by atoms with van der Waals surface area (Å²) in [6.07, 6.45) is 2.32. The van der Waals surface area contributed by atoms with Crippen LogP contribution in [0.4, 0.5) is 0 Å². The van der Waals surface area contributed by atoms with E-state index in [2.05, 4.69) is 109 Å². The average molecular weight is 412 g/mol. The van der Waals surface area contributed by atoms with Crippen LogP contribution in [0, 0.1) is 0 Å². The summed E-state index contributed by atoms with van der Waals surface area (Å²) in [7, 11) is 2.23. The minimum atomic E-state index is 0.451. The van der Waals surface area contributed by atoms with E-state index in [0.717, 1.165) is 12.8 Å². The van der Waals surface area contributed by atoms with Gasteiger partial charge in [0.1, 0.15) is 0 Å². The van der Waals surface area contributed by atoms with Gasteiger partial charge in [0.2, 0.25) is 0 Å². The Morgan fingerprint density at radius 3 is 1.75 bits per heavy atom. The molecule has 5 aromatic rings. The first kappa shape index (κ1) is 18.0. The maximum atomic E-state index is 2.41. The van der Waals surface area contributed by atoms with E-state index in [0.29, 0.717) is 11.8 Å².